The molecule has 0 spiro atoms. The summed E-state index contributed by atoms with van der Waals surface area (Å²) in [6.07, 6.45) is 5.64. The van der Waals surface area contributed by atoms with Gasteiger partial charge in [0, 0.05) is 6.08 Å². The lowest BCUT2D eigenvalue weighted by molar-refractivity contribution is -0.419. The third-order valence-electron chi connectivity index (χ3n) is 3.23. The zero-order valence-electron chi connectivity index (χ0n) is 11.9. The molecule has 6 heteroatoms. The van der Waals surface area contributed by atoms with E-state index in [1.165, 1.54) is 12.2 Å². The Labute approximate surface area is 128 Å². The predicted octanol–water partition coefficient (Wildman–Crippen LogP) is 2.96. The lowest BCUT2D eigenvalue weighted by atomic mass is 10.0. The minimum atomic E-state index is -0.601. The molecule has 0 heterocycles. The molecule has 0 bridgehead atoms. The van der Waals surface area contributed by atoms with Crippen molar-refractivity contribution in [3.05, 3.63) is 75.8 Å². The van der Waals surface area contributed by atoms with Crippen LogP contribution in [0, 0.1) is 21.4 Å². The summed E-state index contributed by atoms with van der Waals surface area (Å²) in [5, 5.41) is 19.7. The minimum Gasteiger partial charge on any atom is -0.458 e. The summed E-state index contributed by atoms with van der Waals surface area (Å²) in [5.41, 5.74) is 6.53. The molecular formula is C16H15N3O3. The maximum atomic E-state index is 10.6. The number of nitrogens with zero attached hydrogens (tertiary/aromatic N) is 2. The number of benzene rings is 1. The molecule has 6 nitrogen and oxygen atoms in total. The van der Waals surface area contributed by atoms with E-state index in [9.17, 15) is 10.1 Å². The van der Waals surface area contributed by atoms with Crippen molar-refractivity contribution in [3.63, 3.8) is 0 Å². The van der Waals surface area contributed by atoms with Gasteiger partial charge in [0.15, 0.2) is 0 Å². The number of allylic oxidation sites excluding steroid dienone is 2. The molecule has 1 saturated carbocycles. The molecule has 0 atom stereocenters. The van der Waals surface area contributed by atoms with Crippen molar-refractivity contribution in [1.82, 2.24) is 0 Å². The topological polar surface area (TPSA) is 102 Å². The van der Waals surface area contributed by atoms with Crippen LogP contribution in [0.2, 0.25) is 0 Å². The zero-order chi connectivity index (χ0) is 16.1. The van der Waals surface area contributed by atoms with Gasteiger partial charge in [-0.05, 0) is 48.6 Å². The summed E-state index contributed by atoms with van der Waals surface area (Å²) in [6, 6.07) is 7.38. The van der Waals surface area contributed by atoms with Crippen LogP contribution in [0.15, 0.2) is 54.6 Å². The Morgan fingerprint density at radius 3 is 2.77 bits per heavy atom. The molecule has 1 aromatic rings. The Morgan fingerprint density at radius 1 is 1.50 bits per heavy atom. The van der Waals surface area contributed by atoms with Crippen molar-refractivity contribution in [3.8, 4) is 11.8 Å². The highest BCUT2D eigenvalue weighted by Crippen LogP contribution is 2.42. The van der Waals surface area contributed by atoms with Crippen LogP contribution in [0.1, 0.15) is 29.9 Å². The molecule has 2 N–H and O–H groups in total. The summed E-state index contributed by atoms with van der Waals surface area (Å²) < 4.78 is 5.53. The van der Waals surface area contributed by atoms with Gasteiger partial charge in [-0.25, -0.2) is 0 Å². The van der Waals surface area contributed by atoms with E-state index in [-0.39, 0.29) is 11.5 Å². The van der Waals surface area contributed by atoms with Gasteiger partial charge < -0.3 is 10.5 Å². The van der Waals surface area contributed by atoms with Gasteiger partial charge in [-0.2, -0.15) is 5.26 Å². The first kappa shape index (κ1) is 15.3. The lowest BCUT2D eigenvalue weighted by Gasteiger charge is -2.08. The van der Waals surface area contributed by atoms with E-state index >= 15 is 0 Å². The quantitative estimate of drug-likeness (QED) is 0.376. The fourth-order valence-corrected chi connectivity index (χ4v) is 1.98. The molecule has 0 unspecified atom stereocenters. The second-order valence-corrected chi connectivity index (χ2v) is 4.89. The molecule has 0 aliphatic heterocycles. The molecule has 1 fully saturated rings. The Kier molecular flexibility index (Phi) is 4.59. The van der Waals surface area contributed by atoms with E-state index < -0.39 is 4.92 Å². The van der Waals surface area contributed by atoms with Crippen LogP contribution in [-0.4, -0.2) is 4.92 Å². The number of rotatable bonds is 6. The lowest BCUT2D eigenvalue weighted by Crippen LogP contribution is -1.99. The van der Waals surface area contributed by atoms with Crippen LogP contribution >= 0.6 is 0 Å². The molecule has 0 aromatic heterocycles. The van der Waals surface area contributed by atoms with Gasteiger partial charge in [-0.15, -0.1) is 0 Å². The molecule has 0 radical (unpaired) electrons. The molecule has 1 aromatic carbocycles. The van der Waals surface area contributed by atoms with Gasteiger partial charge in [0.25, 0.3) is 5.70 Å². The van der Waals surface area contributed by atoms with Crippen LogP contribution in [0.25, 0.3) is 0 Å². The highest BCUT2D eigenvalue weighted by molar-refractivity contribution is 5.46. The third-order valence-corrected chi connectivity index (χ3v) is 3.23. The molecular weight excluding hydrogens is 282 g/mol. The summed E-state index contributed by atoms with van der Waals surface area (Å²) in [5.74, 6) is 1.21. The number of nitro groups is 1. The van der Waals surface area contributed by atoms with Crippen molar-refractivity contribution in [1.29, 1.82) is 5.26 Å². The first-order valence-electron chi connectivity index (χ1n) is 6.70. The standard InChI is InChI=1S/C16H15N3O3/c1-11(2-6-14(10-18)19(20)21)22-15-7-5-13(9-17)16(8-15)12-3-4-12/h2,5-8,10,12H,1,3-4,18H2/b6-2-,14-10+. The van der Waals surface area contributed by atoms with E-state index in [1.54, 1.807) is 12.1 Å². The van der Waals surface area contributed by atoms with Crippen molar-refractivity contribution in [2.45, 2.75) is 18.8 Å². The number of nitriles is 1. The van der Waals surface area contributed by atoms with Crippen LogP contribution in [0.5, 0.6) is 5.75 Å². The van der Waals surface area contributed by atoms with Gasteiger partial charge in [0.2, 0.25) is 0 Å². The average molecular weight is 297 g/mol. The van der Waals surface area contributed by atoms with Gasteiger partial charge in [0.1, 0.15) is 11.5 Å². The van der Waals surface area contributed by atoms with Crippen LogP contribution in [-0.2, 0) is 0 Å². The number of ether oxygens (including phenoxy) is 1. The van der Waals surface area contributed by atoms with Crippen molar-refractivity contribution < 1.29 is 9.66 Å². The molecule has 0 saturated heterocycles. The Hall–Kier alpha value is -3.07. The summed E-state index contributed by atoms with van der Waals surface area (Å²) >= 11 is 0. The molecule has 112 valence electrons. The first-order valence-corrected chi connectivity index (χ1v) is 6.70. The highest BCUT2D eigenvalue weighted by atomic mass is 16.6. The van der Waals surface area contributed by atoms with Crippen LogP contribution in [0.3, 0.4) is 0 Å². The van der Waals surface area contributed by atoms with E-state index in [0.717, 1.165) is 24.6 Å². The first-order chi connectivity index (χ1) is 10.5. The largest absolute Gasteiger partial charge is 0.458 e. The zero-order valence-corrected chi connectivity index (χ0v) is 11.9. The third kappa shape index (κ3) is 3.73. The smallest absolute Gasteiger partial charge is 0.284 e. The molecule has 22 heavy (non-hydrogen) atoms. The normalized spacial score (nSPS) is 14.6. The maximum absolute atomic E-state index is 10.6. The summed E-state index contributed by atoms with van der Waals surface area (Å²) in [4.78, 5) is 10.0. The van der Waals surface area contributed by atoms with Crippen LogP contribution in [0.4, 0.5) is 0 Å². The maximum Gasteiger partial charge on any atom is 0.284 e. The van der Waals surface area contributed by atoms with Crippen LogP contribution < -0.4 is 10.5 Å². The monoisotopic (exact) mass is 297 g/mol. The van der Waals surface area contributed by atoms with Gasteiger partial charge in [0.05, 0.1) is 22.8 Å². The van der Waals surface area contributed by atoms with E-state index in [0.29, 0.717) is 17.2 Å². The van der Waals surface area contributed by atoms with Crippen molar-refractivity contribution in [2.75, 3.05) is 0 Å². The molecule has 0 amide bonds. The van der Waals surface area contributed by atoms with Gasteiger partial charge in [-0.3, -0.25) is 10.1 Å². The van der Waals surface area contributed by atoms with Gasteiger partial charge >= 0.3 is 0 Å². The molecule has 1 aliphatic rings. The van der Waals surface area contributed by atoms with E-state index in [2.05, 4.69) is 12.6 Å². The van der Waals surface area contributed by atoms with Crippen molar-refractivity contribution in [2.24, 2.45) is 5.73 Å². The molecule has 1 aliphatic carbocycles. The number of hydrogen-bond acceptors (Lipinski definition) is 5. The minimum absolute atomic E-state index is 0.243. The summed E-state index contributed by atoms with van der Waals surface area (Å²) in [7, 11) is 0. The second kappa shape index (κ2) is 6.59. The number of nitrogens with two attached hydrogens (primary N) is 1. The fraction of sp³-hybridized carbons (Fsp3) is 0.188. The van der Waals surface area contributed by atoms with E-state index in [1.807, 2.05) is 6.07 Å². The highest BCUT2D eigenvalue weighted by Gasteiger charge is 2.26. The van der Waals surface area contributed by atoms with Crippen molar-refractivity contribution >= 4 is 0 Å². The number of hydrogen-bond donors (Lipinski definition) is 1. The van der Waals surface area contributed by atoms with Gasteiger partial charge in [-0.1, -0.05) is 6.58 Å². The average Bonchev–Trinajstić information content (AvgIpc) is 3.32. The Balaban J connectivity index is 2.09. The Bertz CT molecular complexity index is 710. The predicted molar refractivity (Wildman–Crippen MR) is 81.3 cm³/mol. The SMILES string of the molecule is C=C(/C=C\C(=C/N)[N+](=O)[O-])Oc1ccc(C#N)c(C2CC2)c1. The van der Waals surface area contributed by atoms with E-state index in [4.69, 9.17) is 15.7 Å². The fourth-order valence-electron chi connectivity index (χ4n) is 1.98. The Morgan fingerprint density at radius 2 is 2.23 bits per heavy atom. The second-order valence-electron chi connectivity index (χ2n) is 4.89. The summed E-state index contributed by atoms with van der Waals surface area (Å²) in [6.45, 7) is 3.68. The molecule has 2 rings (SSSR count).